The van der Waals surface area contributed by atoms with Crippen molar-refractivity contribution in [1.82, 2.24) is 20.4 Å². The van der Waals surface area contributed by atoms with E-state index < -0.39 is 17.8 Å². The van der Waals surface area contributed by atoms with Gasteiger partial charge in [0.15, 0.2) is 0 Å². The monoisotopic (exact) mass is 555 g/mol. The van der Waals surface area contributed by atoms with E-state index in [-0.39, 0.29) is 11.9 Å². The molecule has 0 bridgehead atoms. The highest BCUT2D eigenvalue weighted by Gasteiger charge is 2.29. The van der Waals surface area contributed by atoms with E-state index in [1.54, 1.807) is 25.7 Å². The number of carbonyl (C=O) groups is 2. The van der Waals surface area contributed by atoms with Crippen molar-refractivity contribution in [2.45, 2.75) is 110 Å². The number of piperidine rings is 1. The van der Waals surface area contributed by atoms with Crippen molar-refractivity contribution in [1.29, 1.82) is 0 Å². The van der Waals surface area contributed by atoms with Crippen LogP contribution in [-0.4, -0.2) is 57.0 Å². The van der Waals surface area contributed by atoms with Gasteiger partial charge in [-0.3, -0.25) is 5.32 Å². The van der Waals surface area contributed by atoms with Crippen LogP contribution in [0.1, 0.15) is 109 Å². The summed E-state index contributed by atoms with van der Waals surface area (Å²) >= 11 is 0. The molecule has 0 radical (unpaired) electrons. The second-order valence-electron chi connectivity index (χ2n) is 11.5. The molecule has 0 saturated carbocycles. The van der Waals surface area contributed by atoms with Crippen molar-refractivity contribution < 1.29 is 24.0 Å². The molecule has 1 aromatic carbocycles. The number of aliphatic imine (C=N–C) groups is 1. The van der Waals surface area contributed by atoms with Crippen LogP contribution in [0.3, 0.4) is 0 Å². The summed E-state index contributed by atoms with van der Waals surface area (Å²) in [6.45, 7) is 8.32. The molecule has 0 unspecified atom stereocenters. The maximum atomic E-state index is 12.3. The van der Waals surface area contributed by atoms with E-state index in [9.17, 15) is 14.7 Å². The first-order chi connectivity index (χ1) is 19.1. The zero-order chi connectivity index (χ0) is 29.0. The molecule has 2 heterocycles. The molecule has 1 saturated heterocycles. The zero-order valence-corrected chi connectivity index (χ0v) is 24.4. The van der Waals surface area contributed by atoms with Crippen molar-refractivity contribution in [2.24, 2.45) is 4.99 Å². The first-order valence-corrected chi connectivity index (χ1v) is 14.6. The molecule has 10 nitrogen and oxygen atoms in total. The second kappa shape index (κ2) is 15.4. The summed E-state index contributed by atoms with van der Waals surface area (Å²) in [5.74, 6) is 0.806. The van der Waals surface area contributed by atoms with Gasteiger partial charge in [-0.05, 0) is 52.0 Å². The molecule has 1 aliphatic rings. The number of hydrogen-bond donors (Lipinski definition) is 2. The molecular weight excluding hydrogens is 510 g/mol. The van der Waals surface area contributed by atoms with Gasteiger partial charge >= 0.3 is 12.2 Å². The van der Waals surface area contributed by atoms with Gasteiger partial charge in [0.05, 0.1) is 5.92 Å². The van der Waals surface area contributed by atoms with Gasteiger partial charge in [0.1, 0.15) is 5.60 Å². The number of amides is 2. The highest BCUT2D eigenvalue weighted by molar-refractivity contribution is 5.98. The largest absolute Gasteiger partial charge is 0.465 e. The van der Waals surface area contributed by atoms with Crippen molar-refractivity contribution in [3.05, 3.63) is 35.7 Å². The Morgan fingerprint density at radius 3 is 2.42 bits per heavy atom. The van der Waals surface area contributed by atoms with Crippen molar-refractivity contribution in [3.8, 4) is 11.4 Å². The lowest BCUT2D eigenvalue weighted by Crippen LogP contribution is -2.48. The zero-order valence-electron chi connectivity index (χ0n) is 24.4. The van der Waals surface area contributed by atoms with Crippen LogP contribution in [0.15, 0.2) is 33.8 Å². The van der Waals surface area contributed by atoms with Gasteiger partial charge in [0.25, 0.3) is 0 Å². The molecule has 2 amide bonds. The maximum absolute atomic E-state index is 12.3. The first kappa shape index (κ1) is 31.1. The number of nitrogens with one attached hydrogen (secondary N) is 1. The predicted molar refractivity (Wildman–Crippen MR) is 154 cm³/mol. The van der Waals surface area contributed by atoms with Crippen LogP contribution in [0.5, 0.6) is 0 Å². The van der Waals surface area contributed by atoms with Crippen molar-refractivity contribution in [3.63, 3.8) is 0 Å². The standard InChI is InChI=1S/C30H45N5O5/c1-5-6-7-8-9-10-11-12-14-22-16-18-23(19-17-22)25-31-26(40-34-25)24-15-13-20-35(21-24)27(32-28(36)37)33-29(38)39-30(2,3)4/h16-19,24H,5-15,20-21H2,1-4H3,(H,36,37)(H,32,33,38)/t24-/m0/s1. The Balaban J connectivity index is 1.56. The molecule has 3 rings (SSSR count). The molecule has 1 aliphatic heterocycles. The van der Waals surface area contributed by atoms with Crippen LogP contribution in [0.25, 0.3) is 11.4 Å². The van der Waals surface area contributed by atoms with Gasteiger partial charge in [-0.1, -0.05) is 81.3 Å². The molecule has 0 spiro atoms. The molecule has 0 aliphatic carbocycles. The smallest absolute Gasteiger partial charge is 0.437 e. The molecule has 10 heteroatoms. The van der Waals surface area contributed by atoms with Gasteiger partial charge in [0.2, 0.25) is 17.7 Å². The number of carboxylic acid groups (broad SMARTS) is 1. The van der Waals surface area contributed by atoms with E-state index in [0.717, 1.165) is 24.8 Å². The van der Waals surface area contributed by atoms with Gasteiger partial charge in [-0.15, -0.1) is 4.99 Å². The Morgan fingerprint density at radius 2 is 1.77 bits per heavy atom. The van der Waals surface area contributed by atoms with Crippen LogP contribution < -0.4 is 5.32 Å². The number of rotatable bonds is 11. The topological polar surface area (TPSA) is 130 Å². The minimum absolute atomic E-state index is 0.0710. The average molecular weight is 556 g/mol. The highest BCUT2D eigenvalue weighted by atomic mass is 16.6. The molecule has 2 aromatic rings. The predicted octanol–water partition coefficient (Wildman–Crippen LogP) is 7.16. The number of benzene rings is 1. The van der Waals surface area contributed by atoms with E-state index >= 15 is 0 Å². The van der Waals surface area contributed by atoms with E-state index in [4.69, 9.17) is 9.26 Å². The summed E-state index contributed by atoms with van der Waals surface area (Å²) in [5.41, 5.74) is 1.46. The summed E-state index contributed by atoms with van der Waals surface area (Å²) in [5, 5.41) is 15.7. The Kier molecular flexibility index (Phi) is 12.0. The summed E-state index contributed by atoms with van der Waals surface area (Å²) in [7, 11) is 0. The third-order valence-corrected chi connectivity index (χ3v) is 6.85. The van der Waals surface area contributed by atoms with Gasteiger partial charge in [-0.25, -0.2) is 9.59 Å². The Hall–Kier alpha value is -3.43. The van der Waals surface area contributed by atoms with Crippen LogP contribution in [0.2, 0.25) is 0 Å². The molecule has 1 aromatic heterocycles. The quantitative estimate of drug-likeness (QED) is 0.170. The highest BCUT2D eigenvalue weighted by Crippen LogP contribution is 2.28. The lowest BCUT2D eigenvalue weighted by Gasteiger charge is -2.32. The SMILES string of the molecule is CCCCCCCCCCc1ccc(-c2noc([C@H]3CCCN(/C(=N/C(=O)OC(C)(C)C)NC(=O)O)C3)n2)cc1. The molecule has 1 fully saturated rings. The molecule has 2 N–H and O–H groups in total. The van der Waals surface area contributed by atoms with E-state index in [1.165, 1.54) is 56.9 Å². The van der Waals surface area contributed by atoms with Crippen LogP contribution in [0.4, 0.5) is 9.59 Å². The van der Waals surface area contributed by atoms with E-state index in [0.29, 0.717) is 24.8 Å². The van der Waals surface area contributed by atoms with E-state index in [1.807, 2.05) is 12.1 Å². The molecular formula is C30H45N5O5. The summed E-state index contributed by atoms with van der Waals surface area (Å²) in [4.78, 5) is 33.9. The summed E-state index contributed by atoms with van der Waals surface area (Å²) in [6.07, 6.45) is 10.9. The number of carbonyl (C=O) groups excluding carboxylic acids is 1. The Morgan fingerprint density at radius 1 is 1.10 bits per heavy atom. The van der Waals surface area contributed by atoms with Crippen molar-refractivity contribution in [2.75, 3.05) is 13.1 Å². The normalized spacial score (nSPS) is 16.1. The fourth-order valence-electron chi connectivity index (χ4n) is 4.82. The fraction of sp³-hybridized carbons (Fsp3) is 0.633. The number of unbranched alkanes of at least 4 members (excludes halogenated alkanes) is 7. The molecule has 1 atom stereocenters. The maximum Gasteiger partial charge on any atom is 0.437 e. The second-order valence-corrected chi connectivity index (χ2v) is 11.5. The minimum atomic E-state index is -1.31. The number of hydrogen-bond acceptors (Lipinski definition) is 6. The van der Waals surface area contributed by atoms with E-state index in [2.05, 4.69) is 39.5 Å². The molecule has 220 valence electrons. The molecule has 40 heavy (non-hydrogen) atoms. The third kappa shape index (κ3) is 10.6. The number of aryl methyl sites for hydroxylation is 1. The van der Waals surface area contributed by atoms with Gasteiger partial charge in [-0.2, -0.15) is 4.98 Å². The first-order valence-electron chi connectivity index (χ1n) is 14.6. The van der Waals surface area contributed by atoms with Gasteiger partial charge < -0.3 is 19.3 Å². The lowest BCUT2D eigenvalue weighted by atomic mass is 9.98. The summed E-state index contributed by atoms with van der Waals surface area (Å²) < 4.78 is 10.9. The minimum Gasteiger partial charge on any atom is -0.465 e. The van der Waals surface area contributed by atoms with Crippen molar-refractivity contribution >= 4 is 18.1 Å². The van der Waals surface area contributed by atoms with Crippen LogP contribution in [-0.2, 0) is 11.2 Å². The fourth-order valence-corrected chi connectivity index (χ4v) is 4.82. The number of aromatic nitrogens is 2. The third-order valence-electron chi connectivity index (χ3n) is 6.85. The Labute approximate surface area is 237 Å². The van der Waals surface area contributed by atoms with Gasteiger partial charge in [0, 0.05) is 18.7 Å². The Bertz CT molecular complexity index is 1110. The van der Waals surface area contributed by atoms with Crippen LogP contribution >= 0.6 is 0 Å². The van der Waals surface area contributed by atoms with Crippen LogP contribution in [0, 0.1) is 0 Å². The number of guanidine groups is 1. The number of nitrogens with zero attached hydrogens (tertiary/aromatic N) is 4. The summed E-state index contributed by atoms with van der Waals surface area (Å²) in [6, 6.07) is 8.33. The lowest BCUT2D eigenvalue weighted by molar-refractivity contribution is 0.0600. The number of likely N-dealkylation sites (tertiary alicyclic amines) is 1. The number of ether oxygens (including phenoxy) is 1. The average Bonchev–Trinajstić information content (AvgIpc) is 3.39.